The van der Waals surface area contributed by atoms with Crippen molar-refractivity contribution in [2.45, 2.75) is 64.1 Å². The zero-order chi connectivity index (χ0) is 25.5. The molecule has 3 amide bonds. The fourth-order valence-corrected chi connectivity index (χ4v) is 4.87. The number of urea groups is 1. The second-order valence-corrected chi connectivity index (χ2v) is 10.1. The summed E-state index contributed by atoms with van der Waals surface area (Å²) in [6, 6.07) is 13.3. The van der Waals surface area contributed by atoms with E-state index in [1.165, 1.54) is 23.0 Å². The van der Waals surface area contributed by atoms with E-state index in [1.807, 2.05) is 24.3 Å². The van der Waals surface area contributed by atoms with E-state index in [1.54, 1.807) is 23.6 Å². The Balaban J connectivity index is 1.30. The van der Waals surface area contributed by atoms with Crippen LogP contribution in [0.5, 0.6) is 5.75 Å². The molecule has 7 nitrogen and oxygen atoms in total. The van der Waals surface area contributed by atoms with Gasteiger partial charge < -0.3 is 20.7 Å². The molecule has 3 N–H and O–H groups in total. The van der Waals surface area contributed by atoms with Gasteiger partial charge in [0.05, 0.1) is 6.04 Å². The number of halogens is 1. The molecule has 1 heterocycles. The largest absolute Gasteiger partial charge is 0.483 e. The number of carbonyl (C=O) groups excluding carboxylic acids is 2. The highest BCUT2D eigenvalue weighted by Crippen LogP contribution is 2.22. The maximum atomic E-state index is 13.7. The van der Waals surface area contributed by atoms with Gasteiger partial charge in [-0.05, 0) is 48.6 Å². The van der Waals surface area contributed by atoms with Gasteiger partial charge in [0.2, 0.25) is 0 Å². The van der Waals surface area contributed by atoms with E-state index in [4.69, 9.17) is 4.74 Å². The third-order valence-electron chi connectivity index (χ3n) is 6.21. The van der Waals surface area contributed by atoms with Crippen LogP contribution in [0.4, 0.5) is 14.9 Å². The minimum atomic E-state index is -0.445. The van der Waals surface area contributed by atoms with E-state index < -0.39 is 5.82 Å². The molecule has 1 aliphatic rings. The van der Waals surface area contributed by atoms with Crippen LogP contribution in [-0.2, 0) is 6.61 Å². The number of carbonyl (C=O) groups is 2. The third-order valence-corrected chi connectivity index (χ3v) is 7.03. The SMILES string of the molecule is CC(C)c1ccc(NC(=O)NC2CCCCC2NC(=O)c2csc(COc3ccccc3F)n2)cc1. The minimum Gasteiger partial charge on any atom is -0.483 e. The molecule has 2 aromatic carbocycles. The normalized spacial score (nSPS) is 17.4. The number of anilines is 1. The first kappa shape index (κ1) is 25.6. The van der Waals surface area contributed by atoms with Gasteiger partial charge in [0.1, 0.15) is 17.3 Å². The number of amides is 3. The predicted octanol–water partition coefficient (Wildman–Crippen LogP) is 5.85. The number of benzene rings is 2. The number of para-hydroxylation sites is 1. The molecule has 2 atom stereocenters. The number of nitrogens with zero attached hydrogens (tertiary/aromatic N) is 1. The monoisotopic (exact) mass is 510 g/mol. The number of thiazole rings is 1. The van der Waals surface area contributed by atoms with Gasteiger partial charge in [0.15, 0.2) is 11.6 Å². The Labute approximate surface area is 214 Å². The number of aromatic nitrogens is 1. The van der Waals surface area contributed by atoms with E-state index in [9.17, 15) is 14.0 Å². The van der Waals surface area contributed by atoms with Gasteiger partial charge in [-0.1, -0.05) is 51.0 Å². The first-order chi connectivity index (χ1) is 17.4. The Hall–Kier alpha value is -3.46. The van der Waals surface area contributed by atoms with E-state index >= 15 is 0 Å². The highest BCUT2D eigenvalue weighted by Gasteiger charge is 2.28. The van der Waals surface area contributed by atoms with Gasteiger partial charge in [-0.25, -0.2) is 14.2 Å². The summed E-state index contributed by atoms with van der Waals surface area (Å²) in [6.45, 7) is 4.32. The zero-order valence-corrected chi connectivity index (χ0v) is 21.2. The molecule has 0 radical (unpaired) electrons. The summed E-state index contributed by atoms with van der Waals surface area (Å²) in [6.07, 6.45) is 3.51. The molecular formula is C27H31FN4O3S. The first-order valence-corrected chi connectivity index (χ1v) is 13.1. The van der Waals surface area contributed by atoms with Crippen molar-refractivity contribution < 1.29 is 18.7 Å². The molecule has 4 rings (SSSR count). The maximum Gasteiger partial charge on any atom is 0.319 e. The average molecular weight is 511 g/mol. The average Bonchev–Trinajstić information content (AvgIpc) is 3.34. The van der Waals surface area contributed by atoms with Crippen molar-refractivity contribution in [3.05, 3.63) is 76.0 Å². The van der Waals surface area contributed by atoms with Crippen LogP contribution in [0.3, 0.4) is 0 Å². The number of hydrogen-bond donors (Lipinski definition) is 3. The highest BCUT2D eigenvalue weighted by molar-refractivity contribution is 7.09. The maximum absolute atomic E-state index is 13.7. The van der Waals surface area contributed by atoms with Crippen molar-refractivity contribution in [2.75, 3.05) is 5.32 Å². The molecule has 2 unspecified atom stereocenters. The van der Waals surface area contributed by atoms with Gasteiger partial charge in [0.25, 0.3) is 5.91 Å². The smallest absolute Gasteiger partial charge is 0.319 e. The molecule has 0 bridgehead atoms. The molecule has 190 valence electrons. The molecule has 1 aromatic heterocycles. The summed E-state index contributed by atoms with van der Waals surface area (Å²) in [5.74, 6) is -0.178. The molecule has 0 saturated heterocycles. The van der Waals surface area contributed by atoms with Crippen LogP contribution in [0.2, 0.25) is 0 Å². The van der Waals surface area contributed by atoms with E-state index in [0.29, 0.717) is 10.9 Å². The van der Waals surface area contributed by atoms with E-state index in [2.05, 4.69) is 34.8 Å². The summed E-state index contributed by atoms with van der Waals surface area (Å²) >= 11 is 1.28. The second kappa shape index (κ2) is 12.0. The Bertz CT molecular complexity index is 1180. The van der Waals surface area contributed by atoms with Gasteiger partial charge >= 0.3 is 6.03 Å². The lowest BCUT2D eigenvalue weighted by Gasteiger charge is -2.32. The topological polar surface area (TPSA) is 92.4 Å². The van der Waals surface area contributed by atoms with Crippen LogP contribution in [0.25, 0.3) is 0 Å². The molecule has 9 heteroatoms. The van der Waals surface area contributed by atoms with Gasteiger partial charge in [-0.3, -0.25) is 4.79 Å². The summed E-state index contributed by atoms with van der Waals surface area (Å²) in [5.41, 5.74) is 2.21. The number of nitrogens with one attached hydrogen (secondary N) is 3. The number of ether oxygens (including phenoxy) is 1. The van der Waals surface area contributed by atoms with E-state index in [-0.39, 0.29) is 42.1 Å². The van der Waals surface area contributed by atoms with E-state index in [0.717, 1.165) is 31.4 Å². The molecule has 0 aliphatic heterocycles. The quantitative estimate of drug-likeness (QED) is 0.355. The molecule has 3 aromatic rings. The van der Waals surface area contributed by atoms with Crippen molar-refractivity contribution in [2.24, 2.45) is 0 Å². The molecule has 1 fully saturated rings. The lowest BCUT2D eigenvalue weighted by atomic mass is 9.90. The lowest BCUT2D eigenvalue weighted by molar-refractivity contribution is 0.0911. The molecule has 1 aliphatic carbocycles. The number of rotatable bonds is 8. The van der Waals surface area contributed by atoms with Crippen molar-refractivity contribution in [1.29, 1.82) is 0 Å². The summed E-state index contributed by atoms with van der Waals surface area (Å²) in [5, 5.41) is 11.2. The summed E-state index contributed by atoms with van der Waals surface area (Å²) in [7, 11) is 0. The second-order valence-electron chi connectivity index (χ2n) is 9.19. The van der Waals surface area contributed by atoms with Crippen molar-refractivity contribution in [1.82, 2.24) is 15.6 Å². The Morgan fingerprint density at radius 3 is 2.44 bits per heavy atom. The van der Waals surface area contributed by atoms with Crippen molar-refractivity contribution in [3.63, 3.8) is 0 Å². The fourth-order valence-electron chi connectivity index (χ4n) is 4.19. The lowest BCUT2D eigenvalue weighted by Crippen LogP contribution is -2.54. The molecular weight excluding hydrogens is 479 g/mol. The van der Waals surface area contributed by atoms with Crippen LogP contribution >= 0.6 is 11.3 Å². The van der Waals surface area contributed by atoms with Crippen LogP contribution in [0.15, 0.2) is 53.9 Å². The molecule has 0 spiro atoms. The molecule has 36 heavy (non-hydrogen) atoms. The standard InChI is InChI=1S/C27H31FN4O3S/c1-17(2)18-11-13-19(14-12-18)29-27(34)32-22-9-5-4-8-21(22)31-26(33)23-16-36-25(30-23)15-35-24-10-6-3-7-20(24)28/h3,6-7,10-14,16-17,21-22H,4-5,8-9,15H2,1-2H3,(H,31,33)(H2,29,32,34). The first-order valence-electron chi connectivity index (χ1n) is 12.2. The van der Waals surface area contributed by atoms with Crippen LogP contribution < -0.4 is 20.7 Å². The highest BCUT2D eigenvalue weighted by atomic mass is 32.1. The van der Waals surface area contributed by atoms with Crippen molar-refractivity contribution in [3.8, 4) is 5.75 Å². The van der Waals surface area contributed by atoms with Gasteiger partial charge in [0, 0.05) is 17.1 Å². The van der Waals surface area contributed by atoms with Gasteiger partial charge in [-0.2, -0.15) is 0 Å². The zero-order valence-electron chi connectivity index (χ0n) is 20.4. The minimum absolute atomic E-state index is 0.0742. The molecule has 1 saturated carbocycles. The summed E-state index contributed by atoms with van der Waals surface area (Å²) < 4.78 is 19.2. The Kier molecular flexibility index (Phi) is 8.53. The number of hydrogen-bond acceptors (Lipinski definition) is 5. The van der Waals surface area contributed by atoms with Gasteiger partial charge in [-0.15, -0.1) is 11.3 Å². The Morgan fingerprint density at radius 1 is 1.06 bits per heavy atom. The van der Waals surface area contributed by atoms with Crippen LogP contribution in [0, 0.1) is 5.82 Å². The summed E-state index contributed by atoms with van der Waals surface area (Å²) in [4.78, 5) is 29.8. The fraction of sp³-hybridized carbons (Fsp3) is 0.370. The predicted molar refractivity (Wildman–Crippen MR) is 139 cm³/mol. The Morgan fingerprint density at radius 2 is 1.75 bits per heavy atom. The van der Waals surface area contributed by atoms with Crippen LogP contribution in [-0.4, -0.2) is 29.0 Å². The van der Waals surface area contributed by atoms with Crippen molar-refractivity contribution >= 4 is 29.0 Å². The van der Waals surface area contributed by atoms with Crippen LogP contribution in [0.1, 0.15) is 66.5 Å². The third kappa shape index (κ3) is 6.81.